The van der Waals surface area contributed by atoms with Crippen LogP contribution in [0.25, 0.3) is 11.8 Å². The summed E-state index contributed by atoms with van der Waals surface area (Å²) in [7, 11) is 1.49. The third-order valence-electron chi connectivity index (χ3n) is 5.03. The molecule has 0 aliphatic carbocycles. The van der Waals surface area contributed by atoms with Gasteiger partial charge in [0.2, 0.25) is 5.91 Å². The number of para-hydroxylation sites is 2. The van der Waals surface area contributed by atoms with Gasteiger partial charge in [0.1, 0.15) is 18.0 Å². The molecular formula is C24H22N4O4. The van der Waals surface area contributed by atoms with Crippen molar-refractivity contribution in [3.63, 3.8) is 0 Å². The highest BCUT2D eigenvalue weighted by Crippen LogP contribution is 2.23. The minimum atomic E-state index is -0.648. The summed E-state index contributed by atoms with van der Waals surface area (Å²) in [6.45, 7) is 1.59. The van der Waals surface area contributed by atoms with Crippen LogP contribution in [0.15, 0.2) is 72.6 Å². The number of amides is 4. The standard InChI is InChI=1S/C24H22N4O4/c1-16-9-11-17(12-10-16)27-13-5-6-18(27)14-20-23(30)28(24(31)26-20)15-22(29)25-19-7-3-4-8-21(19)32-2/h3-14H,15H2,1-2H3,(H,25,29)(H,26,31)/b20-14+. The van der Waals surface area contributed by atoms with Crippen LogP contribution in [-0.2, 0) is 9.59 Å². The second kappa shape index (κ2) is 8.81. The lowest BCUT2D eigenvalue weighted by Gasteiger charge is -2.13. The molecule has 32 heavy (non-hydrogen) atoms. The molecule has 2 N–H and O–H groups in total. The van der Waals surface area contributed by atoms with Gasteiger partial charge in [-0.2, -0.15) is 0 Å². The first kappa shape index (κ1) is 20.9. The molecule has 1 aromatic heterocycles. The fourth-order valence-corrected chi connectivity index (χ4v) is 3.40. The Balaban J connectivity index is 1.50. The quantitative estimate of drug-likeness (QED) is 0.464. The molecule has 8 heteroatoms. The highest BCUT2D eigenvalue weighted by atomic mass is 16.5. The number of imide groups is 1. The Morgan fingerprint density at radius 3 is 2.56 bits per heavy atom. The van der Waals surface area contributed by atoms with E-state index in [1.165, 1.54) is 7.11 Å². The highest BCUT2D eigenvalue weighted by Gasteiger charge is 2.35. The van der Waals surface area contributed by atoms with Gasteiger partial charge in [0.25, 0.3) is 5.91 Å². The average molecular weight is 430 g/mol. The summed E-state index contributed by atoms with van der Waals surface area (Å²) in [5, 5.41) is 5.22. The number of aryl methyl sites for hydroxylation is 1. The lowest BCUT2D eigenvalue weighted by Crippen LogP contribution is -2.38. The summed E-state index contributed by atoms with van der Waals surface area (Å²) in [4.78, 5) is 38.5. The number of nitrogens with zero attached hydrogens (tertiary/aromatic N) is 2. The minimum Gasteiger partial charge on any atom is -0.495 e. The molecule has 3 aromatic rings. The van der Waals surface area contributed by atoms with Crippen molar-refractivity contribution in [2.24, 2.45) is 0 Å². The molecule has 4 rings (SSSR count). The number of nitrogens with one attached hydrogen (secondary N) is 2. The summed E-state index contributed by atoms with van der Waals surface area (Å²) >= 11 is 0. The Labute approximate surface area is 185 Å². The van der Waals surface area contributed by atoms with Gasteiger partial charge in [-0.15, -0.1) is 0 Å². The second-order valence-electron chi connectivity index (χ2n) is 7.27. The summed E-state index contributed by atoms with van der Waals surface area (Å²) in [6.07, 6.45) is 3.47. The Hall–Kier alpha value is -4.33. The number of carbonyl (C=O) groups is 3. The van der Waals surface area contributed by atoms with Gasteiger partial charge < -0.3 is 19.9 Å². The number of anilines is 1. The van der Waals surface area contributed by atoms with E-state index in [1.54, 1.807) is 30.3 Å². The topological polar surface area (TPSA) is 92.7 Å². The normalized spacial score (nSPS) is 14.6. The van der Waals surface area contributed by atoms with E-state index in [0.717, 1.165) is 21.8 Å². The number of hydrogen-bond acceptors (Lipinski definition) is 4. The zero-order valence-corrected chi connectivity index (χ0v) is 17.7. The van der Waals surface area contributed by atoms with Crippen LogP contribution in [0.2, 0.25) is 0 Å². The number of aromatic nitrogens is 1. The Kier molecular flexibility index (Phi) is 5.76. The van der Waals surface area contributed by atoms with Crippen molar-refractivity contribution in [2.45, 2.75) is 6.92 Å². The van der Waals surface area contributed by atoms with Crippen molar-refractivity contribution >= 4 is 29.6 Å². The lowest BCUT2D eigenvalue weighted by molar-refractivity contribution is -0.127. The van der Waals surface area contributed by atoms with Gasteiger partial charge in [0, 0.05) is 17.6 Å². The molecule has 0 saturated carbocycles. The summed E-state index contributed by atoms with van der Waals surface area (Å²) in [5.74, 6) is -0.598. The van der Waals surface area contributed by atoms with E-state index in [-0.39, 0.29) is 5.70 Å². The van der Waals surface area contributed by atoms with E-state index in [4.69, 9.17) is 4.74 Å². The Morgan fingerprint density at radius 2 is 1.81 bits per heavy atom. The summed E-state index contributed by atoms with van der Waals surface area (Å²) < 4.78 is 7.11. The molecular weight excluding hydrogens is 408 g/mol. The molecule has 1 aliphatic heterocycles. The van der Waals surface area contributed by atoms with Crippen molar-refractivity contribution in [1.29, 1.82) is 0 Å². The molecule has 0 atom stereocenters. The van der Waals surface area contributed by atoms with Crippen LogP contribution in [-0.4, -0.2) is 41.0 Å². The predicted octanol–water partition coefficient (Wildman–Crippen LogP) is 3.33. The molecule has 8 nitrogen and oxygen atoms in total. The predicted molar refractivity (Wildman–Crippen MR) is 120 cm³/mol. The van der Waals surface area contributed by atoms with E-state index in [2.05, 4.69) is 10.6 Å². The number of rotatable bonds is 6. The van der Waals surface area contributed by atoms with Gasteiger partial charge in [0.05, 0.1) is 12.8 Å². The number of benzene rings is 2. The fraction of sp³-hybridized carbons (Fsp3) is 0.125. The van der Waals surface area contributed by atoms with E-state index in [1.807, 2.05) is 54.1 Å². The van der Waals surface area contributed by atoms with Gasteiger partial charge in [-0.25, -0.2) is 9.69 Å². The van der Waals surface area contributed by atoms with Crippen molar-refractivity contribution in [2.75, 3.05) is 19.0 Å². The van der Waals surface area contributed by atoms with E-state index in [0.29, 0.717) is 11.4 Å². The van der Waals surface area contributed by atoms with Crippen LogP contribution >= 0.6 is 0 Å². The molecule has 2 heterocycles. The zero-order valence-electron chi connectivity index (χ0n) is 17.7. The number of hydrogen-bond donors (Lipinski definition) is 2. The third kappa shape index (κ3) is 4.24. The zero-order chi connectivity index (χ0) is 22.7. The van der Waals surface area contributed by atoms with Gasteiger partial charge in [-0.05, 0) is 49.4 Å². The minimum absolute atomic E-state index is 0.104. The van der Waals surface area contributed by atoms with Crippen molar-refractivity contribution in [1.82, 2.24) is 14.8 Å². The van der Waals surface area contributed by atoms with Crippen molar-refractivity contribution in [3.05, 3.63) is 83.8 Å². The maximum Gasteiger partial charge on any atom is 0.329 e. The monoisotopic (exact) mass is 430 g/mol. The fourth-order valence-electron chi connectivity index (χ4n) is 3.40. The lowest BCUT2D eigenvalue weighted by atomic mass is 10.2. The first-order valence-corrected chi connectivity index (χ1v) is 9.98. The molecule has 0 spiro atoms. The van der Waals surface area contributed by atoms with E-state index >= 15 is 0 Å². The molecule has 1 fully saturated rings. The number of methoxy groups -OCH3 is 1. The maximum atomic E-state index is 12.8. The first-order valence-electron chi connectivity index (χ1n) is 9.98. The summed E-state index contributed by atoms with van der Waals surface area (Å²) in [6, 6.07) is 17.9. The Bertz CT molecular complexity index is 1210. The SMILES string of the molecule is COc1ccccc1NC(=O)CN1C(=O)N/C(=C/c2cccn2-c2ccc(C)cc2)C1=O. The van der Waals surface area contributed by atoms with Gasteiger partial charge in [-0.1, -0.05) is 29.8 Å². The van der Waals surface area contributed by atoms with Crippen LogP contribution in [0, 0.1) is 6.92 Å². The highest BCUT2D eigenvalue weighted by molar-refractivity contribution is 6.16. The molecule has 0 radical (unpaired) electrons. The molecule has 162 valence electrons. The molecule has 2 aromatic carbocycles. The Morgan fingerprint density at radius 1 is 1.06 bits per heavy atom. The smallest absolute Gasteiger partial charge is 0.329 e. The van der Waals surface area contributed by atoms with Crippen molar-refractivity contribution in [3.8, 4) is 11.4 Å². The molecule has 4 amide bonds. The third-order valence-corrected chi connectivity index (χ3v) is 5.03. The molecule has 1 aliphatic rings. The average Bonchev–Trinajstić information content (AvgIpc) is 3.35. The maximum absolute atomic E-state index is 12.8. The second-order valence-corrected chi connectivity index (χ2v) is 7.27. The van der Waals surface area contributed by atoms with Crippen LogP contribution in [0.5, 0.6) is 5.75 Å². The largest absolute Gasteiger partial charge is 0.495 e. The van der Waals surface area contributed by atoms with E-state index in [9.17, 15) is 14.4 Å². The van der Waals surface area contributed by atoms with Crippen LogP contribution in [0.1, 0.15) is 11.3 Å². The number of ether oxygens (including phenoxy) is 1. The number of carbonyl (C=O) groups excluding carboxylic acids is 3. The van der Waals surface area contributed by atoms with Gasteiger partial charge in [0.15, 0.2) is 0 Å². The molecule has 0 bridgehead atoms. The van der Waals surface area contributed by atoms with Crippen molar-refractivity contribution < 1.29 is 19.1 Å². The van der Waals surface area contributed by atoms with Crippen LogP contribution in [0.4, 0.5) is 10.5 Å². The first-order chi connectivity index (χ1) is 15.5. The van der Waals surface area contributed by atoms with E-state index < -0.39 is 24.4 Å². The van der Waals surface area contributed by atoms with Gasteiger partial charge in [-0.3, -0.25) is 9.59 Å². The van der Waals surface area contributed by atoms with Gasteiger partial charge >= 0.3 is 6.03 Å². The van der Waals surface area contributed by atoms with Crippen LogP contribution < -0.4 is 15.4 Å². The molecule has 1 saturated heterocycles. The molecule has 0 unspecified atom stereocenters. The number of urea groups is 1. The summed E-state index contributed by atoms with van der Waals surface area (Å²) in [5.41, 5.74) is 3.35. The van der Waals surface area contributed by atoms with Crippen LogP contribution in [0.3, 0.4) is 0 Å².